The first-order valence-corrected chi connectivity index (χ1v) is 10.2. The molecule has 0 atom stereocenters. The zero-order valence-corrected chi connectivity index (χ0v) is 18.0. The third-order valence-corrected chi connectivity index (χ3v) is 5.10. The Morgan fingerprint density at radius 1 is 1.10 bits per heavy atom. The zero-order chi connectivity index (χ0) is 21.8. The van der Waals surface area contributed by atoms with Crippen molar-refractivity contribution in [1.29, 1.82) is 0 Å². The lowest BCUT2D eigenvalue weighted by atomic mass is 10.1. The maximum absolute atomic E-state index is 12.5. The van der Waals surface area contributed by atoms with Crippen LogP contribution in [-0.4, -0.2) is 15.7 Å². The van der Waals surface area contributed by atoms with Gasteiger partial charge in [-0.1, -0.05) is 29.8 Å². The number of aryl methyl sites for hydroxylation is 2. The summed E-state index contributed by atoms with van der Waals surface area (Å²) in [5.74, 6) is 1.59. The van der Waals surface area contributed by atoms with Crippen molar-refractivity contribution in [2.24, 2.45) is 0 Å². The Morgan fingerprint density at radius 3 is 2.77 bits per heavy atom. The molecular weight excluding hydrogens is 414 g/mol. The van der Waals surface area contributed by atoms with E-state index in [4.69, 9.17) is 20.8 Å². The van der Waals surface area contributed by atoms with Gasteiger partial charge in [0.25, 0.3) is 5.91 Å². The van der Waals surface area contributed by atoms with Crippen LogP contribution in [-0.2, 0) is 13.2 Å². The summed E-state index contributed by atoms with van der Waals surface area (Å²) in [6, 6.07) is 18.6. The number of anilines is 1. The highest BCUT2D eigenvalue weighted by molar-refractivity contribution is 6.30. The Morgan fingerprint density at radius 2 is 1.97 bits per heavy atom. The minimum atomic E-state index is -0.370. The number of hydrogen-bond donors (Lipinski definition) is 1. The van der Waals surface area contributed by atoms with Crippen molar-refractivity contribution in [3.05, 3.63) is 100 Å². The van der Waals surface area contributed by atoms with E-state index in [9.17, 15) is 4.79 Å². The van der Waals surface area contributed by atoms with Crippen LogP contribution in [0.5, 0.6) is 5.75 Å². The maximum atomic E-state index is 12.5. The normalized spacial score (nSPS) is 10.8. The quantitative estimate of drug-likeness (QED) is 0.408. The number of nitrogens with one attached hydrogen (secondary N) is 1. The Bertz CT molecular complexity index is 1210. The number of amides is 1. The van der Waals surface area contributed by atoms with E-state index < -0.39 is 0 Å². The van der Waals surface area contributed by atoms with E-state index >= 15 is 0 Å². The highest BCUT2D eigenvalue weighted by Crippen LogP contribution is 2.19. The van der Waals surface area contributed by atoms with Gasteiger partial charge in [0.2, 0.25) is 0 Å². The molecule has 1 N–H and O–H groups in total. The van der Waals surface area contributed by atoms with Crippen molar-refractivity contribution in [3.63, 3.8) is 0 Å². The summed E-state index contributed by atoms with van der Waals surface area (Å²) in [6.07, 6.45) is 1.79. The van der Waals surface area contributed by atoms with Gasteiger partial charge in [0, 0.05) is 17.3 Å². The number of carbonyl (C=O) groups excluding carboxylic acids is 1. The molecule has 0 aliphatic rings. The van der Waals surface area contributed by atoms with Crippen LogP contribution in [0.25, 0.3) is 0 Å². The highest BCUT2D eigenvalue weighted by Gasteiger charge is 2.13. The number of rotatable bonds is 7. The van der Waals surface area contributed by atoms with E-state index in [1.807, 2.05) is 49.4 Å². The molecular formula is C24H22ClN3O3. The van der Waals surface area contributed by atoms with Crippen LogP contribution in [0.15, 0.2) is 71.3 Å². The Balaban J connectivity index is 1.33. The topological polar surface area (TPSA) is 69.3 Å². The summed E-state index contributed by atoms with van der Waals surface area (Å²) < 4.78 is 13.1. The third kappa shape index (κ3) is 5.35. The molecule has 0 unspecified atom stereocenters. The zero-order valence-electron chi connectivity index (χ0n) is 17.3. The molecule has 0 spiro atoms. The van der Waals surface area contributed by atoms with Gasteiger partial charge in [0.05, 0.1) is 6.54 Å². The van der Waals surface area contributed by atoms with Crippen molar-refractivity contribution in [2.45, 2.75) is 27.0 Å². The van der Waals surface area contributed by atoms with E-state index in [1.165, 1.54) is 5.56 Å². The average molecular weight is 436 g/mol. The fourth-order valence-electron chi connectivity index (χ4n) is 3.05. The Labute approximate surface area is 185 Å². The van der Waals surface area contributed by atoms with Gasteiger partial charge >= 0.3 is 0 Å². The van der Waals surface area contributed by atoms with Crippen molar-refractivity contribution in [2.75, 3.05) is 5.32 Å². The third-order valence-electron chi connectivity index (χ3n) is 4.86. The molecule has 4 aromatic rings. The number of nitrogens with zero attached hydrogens (tertiary/aromatic N) is 2. The van der Waals surface area contributed by atoms with Gasteiger partial charge in [-0.3, -0.25) is 9.48 Å². The molecule has 2 aromatic carbocycles. The van der Waals surface area contributed by atoms with Crippen LogP contribution in [0.4, 0.5) is 5.82 Å². The predicted octanol–water partition coefficient (Wildman–Crippen LogP) is 5.63. The molecule has 0 aliphatic heterocycles. The van der Waals surface area contributed by atoms with Crippen molar-refractivity contribution in [1.82, 2.24) is 9.78 Å². The van der Waals surface area contributed by atoms with Crippen LogP contribution in [0.3, 0.4) is 0 Å². The lowest BCUT2D eigenvalue weighted by Gasteiger charge is -2.06. The van der Waals surface area contributed by atoms with Gasteiger partial charge in [-0.05, 0) is 66.9 Å². The van der Waals surface area contributed by atoms with Gasteiger partial charge in [0.1, 0.15) is 18.1 Å². The van der Waals surface area contributed by atoms with Gasteiger partial charge in [-0.25, -0.2) is 0 Å². The molecule has 158 valence electrons. The fourth-order valence-corrected chi connectivity index (χ4v) is 3.27. The number of halogens is 1. The van der Waals surface area contributed by atoms with Crippen molar-refractivity contribution in [3.8, 4) is 5.75 Å². The standard InChI is InChI=1S/C24H22ClN3O3/c1-16-6-7-20(12-17(16)2)30-15-21-8-9-22(31-21)24(29)26-23-10-11-28(27-23)14-18-4-3-5-19(25)13-18/h3-13H,14-15H2,1-2H3,(H,26,27,29). The second kappa shape index (κ2) is 9.10. The minimum absolute atomic E-state index is 0.197. The van der Waals surface area contributed by atoms with E-state index in [0.29, 0.717) is 23.1 Å². The van der Waals surface area contributed by atoms with Gasteiger partial charge in [-0.2, -0.15) is 5.10 Å². The lowest BCUT2D eigenvalue weighted by molar-refractivity contribution is 0.0992. The molecule has 0 fully saturated rings. The molecule has 2 heterocycles. The summed E-state index contributed by atoms with van der Waals surface area (Å²) >= 11 is 6.02. The molecule has 0 saturated heterocycles. The van der Waals surface area contributed by atoms with Crippen LogP contribution < -0.4 is 10.1 Å². The molecule has 0 radical (unpaired) electrons. The van der Waals surface area contributed by atoms with Crippen LogP contribution in [0.2, 0.25) is 5.02 Å². The second-order valence-electron chi connectivity index (χ2n) is 7.28. The van der Waals surface area contributed by atoms with E-state index in [0.717, 1.165) is 16.9 Å². The van der Waals surface area contributed by atoms with E-state index in [1.54, 1.807) is 29.1 Å². The summed E-state index contributed by atoms with van der Waals surface area (Å²) in [5, 5.41) is 7.79. The number of hydrogen-bond acceptors (Lipinski definition) is 4. The molecule has 0 bridgehead atoms. The number of aromatic nitrogens is 2. The van der Waals surface area contributed by atoms with Crippen LogP contribution >= 0.6 is 11.6 Å². The lowest BCUT2D eigenvalue weighted by Crippen LogP contribution is -2.12. The molecule has 1 amide bonds. The SMILES string of the molecule is Cc1ccc(OCc2ccc(C(=O)Nc3ccn(Cc4cccc(Cl)c4)n3)o2)cc1C. The maximum Gasteiger partial charge on any atom is 0.292 e. The summed E-state index contributed by atoms with van der Waals surface area (Å²) in [7, 11) is 0. The summed E-state index contributed by atoms with van der Waals surface area (Å²) in [4.78, 5) is 12.5. The van der Waals surface area contributed by atoms with Crippen molar-refractivity contribution < 1.29 is 13.9 Å². The first kappa shape index (κ1) is 20.8. The first-order valence-electron chi connectivity index (χ1n) is 9.84. The average Bonchev–Trinajstić information content (AvgIpc) is 3.38. The number of benzene rings is 2. The number of ether oxygens (including phenoxy) is 1. The van der Waals surface area contributed by atoms with Gasteiger partial charge < -0.3 is 14.5 Å². The number of carbonyl (C=O) groups is 1. The first-order chi connectivity index (χ1) is 15.0. The largest absolute Gasteiger partial charge is 0.486 e. The molecule has 0 saturated carbocycles. The molecule has 31 heavy (non-hydrogen) atoms. The summed E-state index contributed by atoms with van der Waals surface area (Å²) in [6.45, 7) is 4.88. The van der Waals surface area contributed by atoms with Crippen LogP contribution in [0.1, 0.15) is 33.0 Å². The number of furan rings is 1. The van der Waals surface area contributed by atoms with Gasteiger partial charge in [-0.15, -0.1) is 0 Å². The van der Waals surface area contributed by atoms with Crippen LogP contribution in [0, 0.1) is 13.8 Å². The monoisotopic (exact) mass is 435 g/mol. The van der Waals surface area contributed by atoms with E-state index in [2.05, 4.69) is 17.3 Å². The second-order valence-corrected chi connectivity index (χ2v) is 7.72. The predicted molar refractivity (Wildman–Crippen MR) is 120 cm³/mol. The molecule has 7 heteroatoms. The molecule has 0 aliphatic carbocycles. The minimum Gasteiger partial charge on any atom is -0.486 e. The molecule has 2 aromatic heterocycles. The molecule has 4 rings (SSSR count). The Hall–Kier alpha value is -3.51. The smallest absolute Gasteiger partial charge is 0.292 e. The highest BCUT2D eigenvalue weighted by atomic mass is 35.5. The van der Waals surface area contributed by atoms with Crippen molar-refractivity contribution >= 4 is 23.3 Å². The fraction of sp³-hybridized carbons (Fsp3) is 0.167. The Kier molecular flexibility index (Phi) is 6.09. The molecule has 6 nitrogen and oxygen atoms in total. The summed E-state index contributed by atoms with van der Waals surface area (Å²) in [5.41, 5.74) is 3.39. The van der Waals surface area contributed by atoms with Gasteiger partial charge in [0.15, 0.2) is 11.6 Å². The van der Waals surface area contributed by atoms with E-state index in [-0.39, 0.29) is 18.3 Å².